The van der Waals surface area contributed by atoms with Crippen LogP contribution in [0.5, 0.6) is 0 Å². The zero-order chi connectivity index (χ0) is 32.3. The molecule has 4 amide bonds. The molecule has 0 unspecified atom stereocenters. The summed E-state index contributed by atoms with van der Waals surface area (Å²) in [7, 11) is 0. The van der Waals surface area contributed by atoms with Crippen molar-refractivity contribution < 1.29 is 19.2 Å². The van der Waals surface area contributed by atoms with Gasteiger partial charge in [0.25, 0.3) is 0 Å². The van der Waals surface area contributed by atoms with E-state index in [1.807, 2.05) is 84.9 Å². The zero-order valence-corrected chi connectivity index (χ0v) is 26.4. The van der Waals surface area contributed by atoms with E-state index in [1.165, 1.54) is 6.92 Å². The molecular formula is C34H40ClN7O4. The topological polar surface area (TPSA) is 195 Å². The van der Waals surface area contributed by atoms with Gasteiger partial charge in [0.15, 0.2) is 5.96 Å². The van der Waals surface area contributed by atoms with Gasteiger partial charge in [-0.25, -0.2) is 0 Å². The molecule has 11 nitrogen and oxygen atoms in total. The minimum Gasteiger partial charge on any atom is -0.370 e. The number of carbonyl (C=O) groups excluding carboxylic acids is 4. The number of fused-ring (bicyclic) bond motifs is 2. The third-order valence-electron chi connectivity index (χ3n) is 7.49. The number of aliphatic imine (C=N–C) groups is 1. The van der Waals surface area contributed by atoms with E-state index in [0.29, 0.717) is 6.42 Å². The Morgan fingerprint density at radius 2 is 1.33 bits per heavy atom. The van der Waals surface area contributed by atoms with E-state index in [0.717, 1.165) is 32.7 Å². The fourth-order valence-corrected chi connectivity index (χ4v) is 5.29. The quantitative estimate of drug-likeness (QED) is 0.0691. The van der Waals surface area contributed by atoms with E-state index >= 15 is 0 Å². The first-order valence-electron chi connectivity index (χ1n) is 14.8. The third kappa shape index (κ3) is 9.93. The van der Waals surface area contributed by atoms with Gasteiger partial charge in [-0.3, -0.25) is 24.2 Å². The predicted molar refractivity (Wildman–Crippen MR) is 183 cm³/mol. The lowest BCUT2D eigenvalue weighted by molar-refractivity contribution is -0.133. The standard InChI is InChI=1S/C34H39N7O4.ClH/c1-21(42)39-30(20-26-12-6-11-24-9-4-5-13-27(24)26)33(45)40-28(14-7-17-38-34(36)37)32(44)41-29(31(35)43)19-22-15-16-23-8-2-3-10-25(23)18-22;/h2-6,8-13,15-16,18,28-30H,7,14,17,19-20H2,1H3,(H2,35,43)(H,39,42)(H,40,45)(H,41,44)(H4,36,37,38);1H/t28-,29-,30+;/m0./s1. The number of primary amides is 1. The summed E-state index contributed by atoms with van der Waals surface area (Å²) in [5.41, 5.74) is 18.3. The van der Waals surface area contributed by atoms with Gasteiger partial charge in [0, 0.05) is 26.3 Å². The van der Waals surface area contributed by atoms with E-state index in [1.54, 1.807) is 0 Å². The molecule has 9 N–H and O–H groups in total. The SMILES string of the molecule is CC(=O)N[C@H](Cc1cccc2ccccc12)C(=O)N[C@@H](CCCN=C(N)N)C(=O)N[C@@H](Cc1ccc2ccccc2c1)C(N)=O.Cl. The molecule has 0 aromatic heterocycles. The van der Waals surface area contributed by atoms with Crippen LogP contribution >= 0.6 is 12.4 Å². The van der Waals surface area contributed by atoms with Crippen molar-refractivity contribution in [2.75, 3.05) is 6.54 Å². The highest BCUT2D eigenvalue weighted by Crippen LogP contribution is 2.20. The second kappa shape index (κ2) is 16.8. The van der Waals surface area contributed by atoms with E-state index < -0.39 is 41.8 Å². The molecule has 3 atom stereocenters. The number of nitrogens with zero attached hydrogens (tertiary/aromatic N) is 1. The van der Waals surface area contributed by atoms with Gasteiger partial charge in [0.05, 0.1) is 0 Å². The second-order valence-electron chi connectivity index (χ2n) is 11.0. The summed E-state index contributed by atoms with van der Waals surface area (Å²) in [5.74, 6) is -2.35. The number of guanidine groups is 1. The lowest BCUT2D eigenvalue weighted by Crippen LogP contribution is -2.57. The summed E-state index contributed by atoms with van der Waals surface area (Å²) in [4.78, 5) is 55.8. The van der Waals surface area contributed by atoms with Crippen molar-refractivity contribution in [3.8, 4) is 0 Å². The highest BCUT2D eigenvalue weighted by molar-refractivity contribution is 5.95. The van der Waals surface area contributed by atoms with Gasteiger partial charge in [-0.1, -0.05) is 84.9 Å². The zero-order valence-electron chi connectivity index (χ0n) is 25.6. The van der Waals surface area contributed by atoms with Crippen LogP contribution < -0.4 is 33.2 Å². The number of benzene rings is 4. The number of carbonyl (C=O) groups is 4. The van der Waals surface area contributed by atoms with Gasteiger partial charge in [0.2, 0.25) is 23.6 Å². The van der Waals surface area contributed by atoms with Crippen molar-refractivity contribution in [3.63, 3.8) is 0 Å². The molecule has 0 aliphatic rings. The summed E-state index contributed by atoms with van der Waals surface area (Å²) in [6.45, 7) is 1.55. The van der Waals surface area contributed by atoms with Crippen molar-refractivity contribution in [2.45, 2.75) is 50.7 Å². The molecule has 0 fully saturated rings. The number of amides is 4. The molecule has 0 spiro atoms. The molecule has 46 heavy (non-hydrogen) atoms. The molecule has 0 bridgehead atoms. The molecule has 0 aliphatic carbocycles. The molecule has 4 rings (SSSR count). The van der Waals surface area contributed by atoms with Gasteiger partial charge < -0.3 is 33.2 Å². The number of hydrogen-bond donors (Lipinski definition) is 6. The van der Waals surface area contributed by atoms with Crippen LogP contribution in [-0.2, 0) is 32.0 Å². The van der Waals surface area contributed by atoms with Crippen LogP contribution in [0.4, 0.5) is 0 Å². The molecule has 242 valence electrons. The Hall–Kier alpha value is -5.16. The van der Waals surface area contributed by atoms with Crippen LogP contribution in [0.3, 0.4) is 0 Å². The smallest absolute Gasteiger partial charge is 0.243 e. The Labute approximate surface area is 273 Å². The number of nitrogens with one attached hydrogen (secondary N) is 3. The second-order valence-corrected chi connectivity index (χ2v) is 11.0. The monoisotopic (exact) mass is 645 g/mol. The highest BCUT2D eigenvalue weighted by Gasteiger charge is 2.29. The fourth-order valence-electron chi connectivity index (χ4n) is 5.29. The van der Waals surface area contributed by atoms with Crippen molar-refractivity contribution >= 4 is 63.5 Å². The average molecular weight is 646 g/mol. The number of rotatable bonds is 14. The summed E-state index contributed by atoms with van der Waals surface area (Å²) >= 11 is 0. The molecule has 0 saturated heterocycles. The molecule has 12 heteroatoms. The number of halogens is 1. The van der Waals surface area contributed by atoms with Gasteiger partial charge in [-0.05, 0) is 45.5 Å². The molecule has 4 aromatic rings. The Balaban J connectivity index is 0.00000576. The largest absolute Gasteiger partial charge is 0.370 e. The van der Waals surface area contributed by atoms with Gasteiger partial charge in [-0.2, -0.15) is 0 Å². The van der Waals surface area contributed by atoms with Crippen LogP contribution in [0.1, 0.15) is 30.9 Å². The van der Waals surface area contributed by atoms with Gasteiger partial charge >= 0.3 is 0 Å². The third-order valence-corrected chi connectivity index (χ3v) is 7.49. The summed E-state index contributed by atoms with van der Waals surface area (Å²) < 4.78 is 0. The van der Waals surface area contributed by atoms with E-state index in [9.17, 15) is 19.2 Å². The van der Waals surface area contributed by atoms with Crippen molar-refractivity contribution in [1.29, 1.82) is 0 Å². The molecule has 0 saturated carbocycles. The van der Waals surface area contributed by atoms with Crippen LogP contribution in [-0.4, -0.2) is 54.3 Å². The lowest BCUT2D eigenvalue weighted by atomic mass is 9.98. The molecule has 0 heterocycles. The maximum Gasteiger partial charge on any atom is 0.243 e. The van der Waals surface area contributed by atoms with Crippen LogP contribution in [0.2, 0.25) is 0 Å². The normalized spacial score (nSPS) is 12.6. The van der Waals surface area contributed by atoms with Crippen molar-refractivity contribution in [1.82, 2.24) is 16.0 Å². The van der Waals surface area contributed by atoms with E-state index in [2.05, 4.69) is 20.9 Å². The van der Waals surface area contributed by atoms with Gasteiger partial charge in [-0.15, -0.1) is 12.4 Å². The van der Waals surface area contributed by atoms with Crippen molar-refractivity contribution in [3.05, 3.63) is 96.1 Å². The lowest BCUT2D eigenvalue weighted by Gasteiger charge is -2.25. The number of nitrogens with two attached hydrogens (primary N) is 3. The fraction of sp³-hybridized carbons (Fsp3) is 0.265. The molecule has 0 radical (unpaired) electrons. The van der Waals surface area contributed by atoms with Crippen LogP contribution in [0.15, 0.2) is 89.9 Å². The Morgan fingerprint density at radius 1 is 0.696 bits per heavy atom. The Morgan fingerprint density at radius 3 is 2.02 bits per heavy atom. The van der Waals surface area contributed by atoms with E-state index in [4.69, 9.17) is 17.2 Å². The van der Waals surface area contributed by atoms with Crippen molar-refractivity contribution in [2.24, 2.45) is 22.2 Å². The average Bonchev–Trinajstić information content (AvgIpc) is 3.01. The van der Waals surface area contributed by atoms with Gasteiger partial charge in [0.1, 0.15) is 18.1 Å². The highest BCUT2D eigenvalue weighted by atomic mass is 35.5. The molecular weight excluding hydrogens is 606 g/mol. The first-order valence-corrected chi connectivity index (χ1v) is 14.8. The summed E-state index contributed by atoms with van der Waals surface area (Å²) in [5, 5.41) is 12.2. The minimum absolute atomic E-state index is 0. The summed E-state index contributed by atoms with van der Waals surface area (Å²) in [6.07, 6.45) is 0.879. The van der Waals surface area contributed by atoms with Crippen LogP contribution in [0, 0.1) is 0 Å². The van der Waals surface area contributed by atoms with E-state index in [-0.39, 0.29) is 44.2 Å². The summed E-state index contributed by atoms with van der Waals surface area (Å²) in [6, 6.07) is 24.0. The maximum atomic E-state index is 13.6. The Kier molecular flexibility index (Phi) is 12.9. The van der Waals surface area contributed by atoms with Crippen LogP contribution in [0.25, 0.3) is 21.5 Å². The Bertz CT molecular complexity index is 1720. The number of hydrogen-bond acceptors (Lipinski definition) is 5. The first kappa shape index (κ1) is 35.3. The molecule has 0 aliphatic heterocycles. The predicted octanol–water partition coefficient (Wildman–Crippen LogP) is 2.21. The molecule has 4 aromatic carbocycles. The minimum atomic E-state index is -1.06. The first-order chi connectivity index (χ1) is 21.6. The maximum absolute atomic E-state index is 13.6.